The summed E-state index contributed by atoms with van der Waals surface area (Å²) in [5.41, 5.74) is 1.67. The first kappa shape index (κ1) is 20.5. The summed E-state index contributed by atoms with van der Waals surface area (Å²) in [6.45, 7) is 13.0. The normalized spacial score (nSPS) is 23.9. The number of aromatic nitrogens is 2. The molecule has 2 saturated heterocycles. The van der Waals surface area contributed by atoms with E-state index in [0.29, 0.717) is 24.1 Å². The molecule has 160 valence electrons. The first-order valence-corrected chi connectivity index (χ1v) is 11.3. The van der Waals surface area contributed by atoms with Crippen molar-refractivity contribution in [1.82, 2.24) is 25.1 Å². The number of anilines is 1. The molecule has 7 nitrogen and oxygen atoms in total. The van der Waals surface area contributed by atoms with Crippen LogP contribution in [0.1, 0.15) is 48.6 Å². The third kappa shape index (κ3) is 4.89. The first-order chi connectivity index (χ1) is 14.0. The largest absolute Gasteiger partial charge is 0.356 e. The van der Waals surface area contributed by atoms with Crippen molar-refractivity contribution in [3.63, 3.8) is 0 Å². The number of carbonyl (C=O) groups is 1. The van der Waals surface area contributed by atoms with Gasteiger partial charge in [0.2, 0.25) is 0 Å². The molecule has 0 aliphatic carbocycles. The number of hydrogen-bond acceptors (Lipinski definition) is 6. The lowest BCUT2D eigenvalue weighted by Gasteiger charge is -2.39. The second kappa shape index (κ2) is 8.96. The fourth-order valence-corrected chi connectivity index (χ4v) is 4.84. The molecule has 4 rings (SSSR count). The zero-order valence-corrected chi connectivity index (χ0v) is 18.3. The lowest BCUT2D eigenvalue weighted by molar-refractivity contribution is 0.0939. The van der Waals surface area contributed by atoms with Crippen molar-refractivity contribution < 1.29 is 4.79 Å². The molecule has 1 amide bonds. The smallest absolute Gasteiger partial charge is 0.270 e. The number of nitrogens with one attached hydrogen (secondary N) is 1. The highest BCUT2D eigenvalue weighted by molar-refractivity contribution is 5.96. The summed E-state index contributed by atoms with van der Waals surface area (Å²) in [6, 6.07) is 0. The van der Waals surface area contributed by atoms with Gasteiger partial charge in [-0.25, -0.2) is 9.97 Å². The fourth-order valence-electron chi connectivity index (χ4n) is 4.84. The molecule has 0 saturated carbocycles. The Morgan fingerprint density at radius 2 is 1.93 bits per heavy atom. The Morgan fingerprint density at radius 3 is 2.69 bits per heavy atom. The monoisotopic (exact) mass is 400 g/mol. The number of nitrogens with zero attached hydrogens (tertiary/aromatic N) is 5. The standard InChI is InChI=1S/C22H36N6O/c1-16(2)13-19-24-20-18(6-7-23-22(20)29)21(25-19)28-8-4-5-17(15-28)14-27-11-9-26(3)10-12-27/h16-17H,4-15H2,1-3H3,(H,23,29). The molecule has 1 N–H and O–H groups in total. The Morgan fingerprint density at radius 1 is 1.14 bits per heavy atom. The van der Waals surface area contributed by atoms with Gasteiger partial charge in [-0.2, -0.15) is 0 Å². The van der Waals surface area contributed by atoms with Crippen molar-refractivity contribution >= 4 is 11.7 Å². The highest BCUT2D eigenvalue weighted by Crippen LogP contribution is 2.29. The van der Waals surface area contributed by atoms with E-state index in [1.807, 2.05) is 0 Å². The number of piperidine rings is 1. The van der Waals surface area contributed by atoms with Gasteiger partial charge >= 0.3 is 0 Å². The van der Waals surface area contributed by atoms with Gasteiger partial charge in [0.15, 0.2) is 0 Å². The Balaban J connectivity index is 1.53. The van der Waals surface area contributed by atoms with Gasteiger partial charge in [0.05, 0.1) is 0 Å². The number of hydrogen-bond donors (Lipinski definition) is 1. The average molecular weight is 401 g/mol. The van der Waals surface area contributed by atoms with E-state index in [1.165, 1.54) is 45.6 Å². The predicted molar refractivity (Wildman–Crippen MR) is 115 cm³/mol. The van der Waals surface area contributed by atoms with Crippen LogP contribution < -0.4 is 10.2 Å². The second-order valence-electron chi connectivity index (χ2n) is 9.45. The number of rotatable bonds is 5. The van der Waals surface area contributed by atoms with Crippen molar-refractivity contribution in [3.05, 3.63) is 17.1 Å². The van der Waals surface area contributed by atoms with E-state index in [2.05, 4.69) is 45.9 Å². The highest BCUT2D eigenvalue weighted by atomic mass is 16.1. The number of fused-ring (bicyclic) bond motifs is 1. The van der Waals surface area contributed by atoms with Crippen LogP contribution in [0.3, 0.4) is 0 Å². The van der Waals surface area contributed by atoms with Crippen LogP contribution in [0.4, 0.5) is 5.82 Å². The summed E-state index contributed by atoms with van der Waals surface area (Å²) < 4.78 is 0. The highest BCUT2D eigenvalue weighted by Gasteiger charge is 2.30. The van der Waals surface area contributed by atoms with Crippen LogP contribution >= 0.6 is 0 Å². The van der Waals surface area contributed by atoms with E-state index in [-0.39, 0.29) is 5.91 Å². The summed E-state index contributed by atoms with van der Waals surface area (Å²) >= 11 is 0. The molecule has 0 radical (unpaired) electrons. The molecule has 0 bridgehead atoms. The summed E-state index contributed by atoms with van der Waals surface area (Å²) in [7, 11) is 2.21. The van der Waals surface area contributed by atoms with Crippen molar-refractivity contribution in [2.75, 3.05) is 64.3 Å². The molecule has 29 heavy (non-hydrogen) atoms. The third-order valence-corrected chi connectivity index (χ3v) is 6.43. The average Bonchev–Trinajstić information content (AvgIpc) is 2.70. The van der Waals surface area contributed by atoms with Gasteiger partial charge in [-0.15, -0.1) is 0 Å². The van der Waals surface area contributed by atoms with E-state index in [0.717, 1.165) is 43.1 Å². The Labute approximate surface area is 174 Å². The Bertz CT molecular complexity index is 728. The molecule has 4 heterocycles. The molecule has 1 aromatic heterocycles. The summed E-state index contributed by atoms with van der Waals surface area (Å²) in [6.07, 6.45) is 4.13. The van der Waals surface area contributed by atoms with E-state index in [4.69, 9.17) is 4.98 Å². The van der Waals surface area contributed by atoms with Gasteiger partial charge in [-0.1, -0.05) is 13.8 Å². The van der Waals surface area contributed by atoms with Gasteiger partial charge in [-0.05, 0) is 38.1 Å². The molecule has 1 aromatic rings. The van der Waals surface area contributed by atoms with Crippen molar-refractivity contribution in [1.29, 1.82) is 0 Å². The third-order valence-electron chi connectivity index (χ3n) is 6.43. The quantitative estimate of drug-likeness (QED) is 0.807. The maximum Gasteiger partial charge on any atom is 0.270 e. The van der Waals surface area contributed by atoms with Gasteiger partial charge in [-0.3, -0.25) is 4.79 Å². The molecule has 3 aliphatic rings. The molecule has 7 heteroatoms. The van der Waals surface area contributed by atoms with E-state index >= 15 is 0 Å². The summed E-state index contributed by atoms with van der Waals surface area (Å²) in [5.74, 6) is 2.95. The number of carbonyl (C=O) groups excluding carboxylic acids is 1. The molecule has 2 fully saturated rings. The molecule has 3 aliphatic heterocycles. The molecule has 0 aromatic carbocycles. The minimum absolute atomic E-state index is 0.0362. The molecular weight excluding hydrogens is 364 g/mol. The summed E-state index contributed by atoms with van der Waals surface area (Å²) in [5, 5.41) is 2.96. The lowest BCUT2D eigenvalue weighted by Crippen LogP contribution is -2.48. The maximum absolute atomic E-state index is 12.5. The number of piperazine rings is 1. The van der Waals surface area contributed by atoms with Gasteiger partial charge in [0.25, 0.3) is 5.91 Å². The summed E-state index contributed by atoms with van der Waals surface area (Å²) in [4.78, 5) is 29.6. The van der Waals surface area contributed by atoms with Crippen molar-refractivity contribution in [2.24, 2.45) is 11.8 Å². The predicted octanol–water partition coefficient (Wildman–Crippen LogP) is 1.42. The van der Waals surface area contributed by atoms with Crippen LogP contribution in [-0.4, -0.2) is 85.1 Å². The molecule has 1 atom stereocenters. The number of amides is 1. The minimum atomic E-state index is -0.0362. The van der Waals surface area contributed by atoms with Crippen LogP contribution in [0.2, 0.25) is 0 Å². The Kier molecular flexibility index (Phi) is 6.35. The number of likely N-dealkylation sites (N-methyl/N-ethyl adjacent to an activating group) is 1. The lowest BCUT2D eigenvalue weighted by atomic mass is 9.95. The van der Waals surface area contributed by atoms with Gasteiger partial charge < -0.3 is 20.0 Å². The van der Waals surface area contributed by atoms with Gasteiger partial charge in [0, 0.05) is 64.3 Å². The van der Waals surface area contributed by atoms with Crippen LogP contribution in [0, 0.1) is 11.8 Å². The molecular formula is C22H36N6O. The van der Waals surface area contributed by atoms with Crippen LogP contribution in [0.5, 0.6) is 0 Å². The van der Waals surface area contributed by atoms with Gasteiger partial charge in [0.1, 0.15) is 17.3 Å². The van der Waals surface area contributed by atoms with E-state index in [9.17, 15) is 4.79 Å². The molecule has 1 unspecified atom stereocenters. The topological polar surface area (TPSA) is 64.6 Å². The van der Waals surface area contributed by atoms with E-state index in [1.54, 1.807) is 0 Å². The second-order valence-corrected chi connectivity index (χ2v) is 9.45. The van der Waals surface area contributed by atoms with Crippen molar-refractivity contribution in [2.45, 2.75) is 39.5 Å². The zero-order chi connectivity index (χ0) is 20.4. The first-order valence-electron chi connectivity index (χ1n) is 11.3. The SMILES string of the molecule is CC(C)Cc1nc2c(c(N3CCCC(CN4CCN(C)CC4)C3)n1)CCNC2=O. The maximum atomic E-state index is 12.5. The molecule has 0 spiro atoms. The van der Waals surface area contributed by atoms with Crippen molar-refractivity contribution in [3.8, 4) is 0 Å². The van der Waals surface area contributed by atoms with Crippen LogP contribution in [0.25, 0.3) is 0 Å². The van der Waals surface area contributed by atoms with Crippen LogP contribution in [0.15, 0.2) is 0 Å². The van der Waals surface area contributed by atoms with E-state index < -0.39 is 0 Å². The zero-order valence-electron chi connectivity index (χ0n) is 18.3. The Hall–Kier alpha value is -1.73. The fraction of sp³-hybridized carbons (Fsp3) is 0.773. The van der Waals surface area contributed by atoms with Crippen LogP contribution in [-0.2, 0) is 12.8 Å². The minimum Gasteiger partial charge on any atom is -0.356 e.